The second-order valence-electron chi connectivity index (χ2n) is 7.42. The fourth-order valence-corrected chi connectivity index (χ4v) is 5.07. The number of thioether (sulfide) groups is 1. The summed E-state index contributed by atoms with van der Waals surface area (Å²) < 4.78 is 12.6. The first kappa shape index (κ1) is 22.8. The van der Waals surface area contributed by atoms with Gasteiger partial charge in [-0.05, 0) is 74.0 Å². The number of carbonyl (C=O) groups is 2. The largest absolute Gasteiger partial charge is 0.497 e. The molecular formula is C25H22N2O4S2. The first-order valence-corrected chi connectivity index (χ1v) is 11.4. The van der Waals surface area contributed by atoms with Crippen LogP contribution >= 0.6 is 24.0 Å². The molecule has 1 saturated heterocycles. The molecule has 168 valence electrons. The van der Waals surface area contributed by atoms with Crippen LogP contribution in [-0.2, 0) is 9.53 Å². The summed E-state index contributed by atoms with van der Waals surface area (Å²) >= 11 is 6.77. The lowest BCUT2D eigenvalue weighted by atomic mass is 10.2. The van der Waals surface area contributed by atoms with Crippen LogP contribution in [0.1, 0.15) is 27.3 Å². The molecule has 2 heterocycles. The number of anilines is 1. The van der Waals surface area contributed by atoms with E-state index >= 15 is 0 Å². The van der Waals surface area contributed by atoms with Crippen molar-refractivity contribution in [3.8, 4) is 11.4 Å². The first-order chi connectivity index (χ1) is 15.8. The maximum atomic E-state index is 13.2. The van der Waals surface area contributed by atoms with Gasteiger partial charge in [-0.3, -0.25) is 9.69 Å². The minimum atomic E-state index is -0.387. The molecule has 1 aliphatic heterocycles. The highest BCUT2D eigenvalue weighted by atomic mass is 32.2. The van der Waals surface area contributed by atoms with Gasteiger partial charge in [0.1, 0.15) is 5.75 Å². The van der Waals surface area contributed by atoms with E-state index in [2.05, 4.69) is 0 Å². The molecule has 1 fully saturated rings. The minimum Gasteiger partial charge on any atom is -0.497 e. The zero-order chi connectivity index (χ0) is 23.7. The fraction of sp³-hybridized carbons (Fsp3) is 0.160. The van der Waals surface area contributed by atoms with E-state index in [0.29, 0.717) is 26.2 Å². The van der Waals surface area contributed by atoms with Gasteiger partial charge in [0.2, 0.25) is 0 Å². The molecule has 0 radical (unpaired) electrons. The monoisotopic (exact) mass is 478 g/mol. The Morgan fingerprint density at radius 1 is 1.03 bits per heavy atom. The SMILES string of the molecule is COC(=O)c1cccc(-n2c(C)cc(/C=C3\SC(=S)N(c4ccc(OC)cc4)C3=O)c2C)c1. The Hall–Kier alpha value is -3.36. The maximum absolute atomic E-state index is 13.2. The Kier molecular flexibility index (Phi) is 6.40. The van der Waals surface area contributed by atoms with Gasteiger partial charge in [0.15, 0.2) is 4.32 Å². The van der Waals surface area contributed by atoms with Crippen LogP contribution in [0.3, 0.4) is 0 Å². The van der Waals surface area contributed by atoms with Crippen LogP contribution in [-0.4, -0.2) is 35.0 Å². The van der Waals surface area contributed by atoms with Gasteiger partial charge in [0.25, 0.3) is 5.91 Å². The second-order valence-corrected chi connectivity index (χ2v) is 9.09. The normalized spacial score (nSPS) is 14.8. The lowest BCUT2D eigenvalue weighted by Gasteiger charge is -2.14. The number of rotatable bonds is 5. The van der Waals surface area contributed by atoms with E-state index in [0.717, 1.165) is 22.6 Å². The van der Waals surface area contributed by atoms with Crippen LogP contribution < -0.4 is 9.64 Å². The summed E-state index contributed by atoms with van der Waals surface area (Å²) in [6, 6.07) is 16.5. The molecule has 4 rings (SSSR count). The molecule has 1 aliphatic rings. The van der Waals surface area contributed by atoms with Crippen molar-refractivity contribution in [2.24, 2.45) is 0 Å². The molecule has 0 spiro atoms. The zero-order valence-electron chi connectivity index (χ0n) is 18.6. The van der Waals surface area contributed by atoms with Crippen molar-refractivity contribution in [3.63, 3.8) is 0 Å². The summed E-state index contributed by atoms with van der Waals surface area (Å²) in [7, 11) is 2.96. The van der Waals surface area contributed by atoms with Gasteiger partial charge in [-0.25, -0.2) is 4.79 Å². The Balaban J connectivity index is 1.67. The van der Waals surface area contributed by atoms with Crippen molar-refractivity contribution in [2.75, 3.05) is 19.1 Å². The van der Waals surface area contributed by atoms with Gasteiger partial charge >= 0.3 is 5.97 Å². The molecule has 0 saturated carbocycles. The number of nitrogens with zero attached hydrogens (tertiary/aromatic N) is 2. The van der Waals surface area contributed by atoms with E-state index in [4.69, 9.17) is 21.7 Å². The smallest absolute Gasteiger partial charge is 0.337 e. The zero-order valence-corrected chi connectivity index (χ0v) is 20.3. The van der Waals surface area contributed by atoms with Gasteiger partial charge in [-0.15, -0.1) is 0 Å². The number of aromatic nitrogens is 1. The Morgan fingerprint density at radius 3 is 2.42 bits per heavy atom. The van der Waals surface area contributed by atoms with Gasteiger partial charge < -0.3 is 14.0 Å². The van der Waals surface area contributed by atoms with E-state index in [1.54, 1.807) is 31.4 Å². The van der Waals surface area contributed by atoms with Crippen LogP contribution in [0.25, 0.3) is 11.8 Å². The molecule has 6 nitrogen and oxygen atoms in total. The number of ether oxygens (including phenoxy) is 2. The van der Waals surface area contributed by atoms with Crippen molar-refractivity contribution in [2.45, 2.75) is 13.8 Å². The highest BCUT2D eigenvalue weighted by Gasteiger charge is 2.33. The average Bonchev–Trinajstić information content (AvgIpc) is 3.26. The third-order valence-electron chi connectivity index (χ3n) is 5.41. The predicted molar refractivity (Wildman–Crippen MR) is 135 cm³/mol. The predicted octanol–water partition coefficient (Wildman–Crippen LogP) is 5.30. The topological polar surface area (TPSA) is 60.8 Å². The van der Waals surface area contributed by atoms with E-state index in [1.807, 2.05) is 54.8 Å². The maximum Gasteiger partial charge on any atom is 0.337 e. The molecular weight excluding hydrogens is 456 g/mol. The molecule has 8 heteroatoms. The molecule has 0 bridgehead atoms. The third kappa shape index (κ3) is 4.31. The van der Waals surface area contributed by atoms with E-state index in [1.165, 1.54) is 23.8 Å². The number of esters is 1. The molecule has 33 heavy (non-hydrogen) atoms. The van der Waals surface area contributed by atoms with Crippen molar-refractivity contribution in [3.05, 3.63) is 82.0 Å². The van der Waals surface area contributed by atoms with Crippen LogP contribution in [0.15, 0.2) is 59.5 Å². The molecule has 1 aromatic heterocycles. The number of benzene rings is 2. The number of thiocarbonyl (C=S) groups is 1. The van der Waals surface area contributed by atoms with Crippen LogP contribution in [0, 0.1) is 13.8 Å². The number of hydrogen-bond acceptors (Lipinski definition) is 6. The van der Waals surface area contributed by atoms with Crippen molar-refractivity contribution >= 4 is 51.9 Å². The molecule has 3 aromatic rings. The summed E-state index contributed by atoms with van der Waals surface area (Å²) in [4.78, 5) is 27.2. The fourth-order valence-electron chi connectivity index (χ4n) is 3.78. The van der Waals surface area contributed by atoms with Crippen LogP contribution in [0.2, 0.25) is 0 Å². The van der Waals surface area contributed by atoms with E-state index in [9.17, 15) is 9.59 Å². The highest BCUT2D eigenvalue weighted by Crippen LogP contribution is 2.37. The van der Waals surface area contributed by atoms with Gasteiger partial charge in [-0.1, -0.05) is 30.0 Å². The van der Waals surface area contributed by atoms with E-state index < -0.39 is 0 Å². The summed E-state index contributed by atoms with van der Waals surface area (Å²) in [6.07, 6.45) is 1.87. The average molecular weight is 479 g/mol. The van der Waals surface area contributed by atoms with Crippen LogP contribution in [0.4, 0.5) is 5.69 Å². The van der Waals surface area contributed by atoms with Gasteiger partial charge in [0, 0.05) is 17.1 Å². The molecule has 0 unspecified atom stereocenters. The summed E-state index contributed by atoms with van der Waals surface area (Å²) in [6.45, 7) is 3.96. The number of aryl methyl sites for hydroxylation is 1. The quantitative estimate of drug-likeness (QED) is 0.282. The first-order valence-electron chi connectivity index (χ1n) is 10.1. The molecule has 0 aliphatic carbocycles. The molecule has 0 atom stereocenters. The second kappa shape index (κ2) is 9.25. The van der Waals surface area contributed by atoms with Gasteiger partial charge in [0.05, 0.1) is 30.4 Å². The van der Waals surface area contributed by atoms with Crippen LogP contribution in [0.5, 0.6) is 5.75 Å². The van der Waals surface area contributed by atoms with Crippen molar-refractivity contribution in [1.29, 1.82) is 0 Å². The van der Waals surface area contributed by atoms with E-state index in [-0.39, 0.29) is 11.9 Å². The van der Waals surface area contributed by atoms with Crippen molar-refractivity contribution < 1.29 is 19.1 Å². The minimum absolute atomic E-state index is 0.160. The third-order valence-corrected chi connectivity index (χ3v) is 6.71. The number of methoxy groups -OCH3 is 2. The lowest BCUT2D eigenvalue weighted by Crippen LogP contribution is -2.27. The molecule has 0 N–H and O–H groups in total. The highest BCUT2D eigenvalue weighted by molar-refractivity contribution is 8.27. The summed E-state index contributed by atoms with van der Waals surface area (Å²) in [5.41, 5.74) is 4.86. The summed E-state index contributed by atoms with van der Waals surface area (Å²) in [5.74, 6) is 0.165. The number of hydrogen-bond donors (Lipinski definition) is 0. The number of amides is 1. The molecule has 2 aromatic carbocycles. The van der Waals surface area contributed by atoms with Gasteiger partial charge in [-0.2, -0.15) is 0 Å². The molecule has 1 amide bonds. The summed E-state index contributed by atoms with van der Waals surface area (Å²) in [5, 5.41) is 0. The lowest BCUT2D eigenvalue weighted by molar-refractivity contribution is -0.113. The Morgan fingerprint density at radius 2 is 1.76 bits per heavy atom. The Labute approximate surface area is 201 Å². The number of carbonyl (C=O) groups excluding carboxylic acids is 2. The standard InChI is InChI=1S/C25H22N2O4S2/c1-15-12-18(16(2)26(15)20-7-5-6-17(13-20)24(29)31-4)14-22-23(28)27(25(32)33-22)19-8-10-21(30-3)11-9-19/h5-14H,1-4H3/b22-14-. The van der Waals surface area contributed by atoms with Crippen molar-refractivity contribution in [1.82, 2.24) is 4.57 Å². The Bertz CT molecular complexity index is 1290.